The van der Waals surface area contributed by atoms with Crippen molar-refractivity contribution in [3.8, 4) is 11.6 Å². The molecule has 2 heterocycles. The Morgan fingerprint density at radius 3 is 3.12 bits per heavy atom. The van der Waals surface area contributed by atoms with Crippen molar-refractivity contribution in [2.45, 2.75) is 32.3 Å². The molecule has 1 atom stereocenters. The summed E-state index contributed by atoms with van der Waals surface area (Å²) in [7, 11) is 0. The van der Waals surface area contributed by atoms with Crippen LogP contribution in [0.1, 0.15) is 23.6 Å². The summed E-state index contributed by atoms with van der Waals surface area (Å²) in [6.07, 6.45) is 1.74. The van der Waals surface area contributed by atoms with Crippen molar-refractivity contribution in [1.82, 2.24) is 10.1 Å². The van der Waals surface area contributed by atoms with Gasteiger partial charge in [-0.3, -0.25) is 0 Å². The van der Waals surface area contributed by atoms with E-state index >= 15 is 0 Å². The molecule has 0 spiro atoms. The molecule has 0 radical (unpaired) electrons. The number of fused-ring (bicyclic) bond motifs is 1. The van der Waals surface area contributed by atoms with E-state index in [4.69, 9.17) is 8.94 Å². The van der Waals surface area contributed by atoms with Gasteiger partial charge < -0.3 is 14.0 Å². The summed E-state index contributed by atoms with van der Waals surface area (Å²) < 4.78 is 10.6. The van der Waals surface area contributed by atoms with Crippen molar-refractivity contribution in [2.75, 3.05) is 0 Å². The van der Waals surface area contributed by atoms with Crippen molar-refractivity contribution in [2.24, 2.45) is 0 Å². The maximum atomic E-state index is 9.52. The Balaban J connectivity index is 1.98. The van der Waals surface area contributed by atoms with Crippen LogP contribution in [0.25, 0.3) is 11.6 Å². The summed E-state index contributed by atoms with van der Waals surface area (Å²) in [4.78, 5) is 4.34. The lowest BCUT2D eigenvalue weighted by molar-refractivity contribution is 0.153. The molecule has 0 saturated carbocycles. The van der Waals surface area contributed by atoms with Crippen molar-refractivity contribution < 1.29 is 14.0 Å². The first-order valence-electron chi connectivity index (χ1n) is 5.32. The summed E-state index contributed by atoms with van der Waals surface area (Å²) in [6.45, 7) is 1.82. The van der Waals surface area contributed by atoms with E-state index in [1.807, 2.05) is 6.92 Å². The Labute approximate surface area is 92.1 Å². The predicted octanol–water partition coefficient (Wildman–Crippen LogP) is 1.49. The van der Waals surface area contributed by atoms with E-state index < -0.39 is 0 Å². The van der Waals surface area contributed by atoms with Crippen LogP contribution < -0.4 is 0 Å². The number of aliphatic hydroxyl groups is 1. The number of aryl methyl sites for hydroxylation is 2. The lowest BCUT2D eigenvalue weighted by Gasteiger charge is -2.13. The fraction of sp³-hybridized carbons (Fsp3) is 0.455. The molecule has 0 fully saturated rings. The van der Waals surface area contributed by atoms with Crippen LogP contribution in [0.15, 0.2) is 15.0 Å². The van der Waals surface area contributed by atoms with Gasteiger partial charge in [0.1, 0.15) is 11.5 Å². The molecule has 3 rings (SSSR count). The van der Waals surface area contributed by atoms with Crippen LogP contribution in [0.4, 0.5) is 0 Å². The van der Waals surface area contributed by atoms with E-state index in [0.717, 1.165) is 30.1 Å². The number of aliphatic hydroxyl groups excluding tert-OH is 1. The van der Waals surface area contributed by atoms with Gasteiger partial charge in [-0.25, -0.2) is 4.98 Å². The van der Waals surface area contributed by atoms with Gasteiger partial charge in [0.25, 0.3) is 0 Å². The molecule has 0 aliphatic heterocycles. The number of rotatable bonds is 1. The van der Waals surface area contributed by atoms with E-state index in [2.05, 4.69) is 10.1 Å². The van der Waals surface area contributed by atoms with Crippen LogP contribution in [0, 0.1) is 6.92 Å². The van der Waals surface area contributed by atoms with Gasteiger partial charge in [0.15, 0.2) is 5.69 Å². The van der Waals surface area contributed by atoms with E-state index in [9.17, 15) is 5.11 Å². The minimum Gasteiger partial charge on any atom is -0.440 e. The smallest absolute Gasteiger partial charge is 0.249 e. The average molecular weight is 220 g/mol. The molecule has 5 heteroatoms. The van der Waals surface area contributed by atoms with E-state index in [1.165, 1.54) is 0 Å². The van der Waals surface area contributed by atoms with Gasteiger partial charge in [-0.2, -0.15) is 0 Å². The third kappa shape index (κ3) is 1.53. The molecule has 1 aliphatic rings. The van der Waals surface area contributed by atoms with Gasteiger partial charge in [-0.1, -0.05) is 5.16 Å². The molecule has 5 nitrogen and oxygen atoms in total. The van der Waals surface area contributed by atoms with Gasteiger partial charge in [0.05, 0.1) is 11.8 Å². The van der Waals surface area contributed by atoms with E-state index in [-0.39, 0.29) is 6.10 Å². The number of hydrogen-bond donors (Lipinski definition) is 1. The van der Waals surface area contributed by atoms with Crippen LogP contribution in [-0.4, -0.2) is 21.4 Å². The second-order valence-electron chi connectivity index (χ2n) is 4.11. The van der Waals surface area contributed by atoms with E-state index in [0.29, 0.717) is 18.0 Å². The highest BCUT2D eigenvalue weighted by Crippen LogP contribution is 2.27. The lowest BCUT2D eigenvalue weighted by Crippen LogP contribution is -2.17. The Kier molecular flexibility index (Phi) is 2.07. The Bertz CT molecular complexity index is 515. The molecule has 84 valence electrons. The van der Waals surface area contributed by atoms with E-state index in [1.54, 1.807) is 6.07 Å². The number of aromatic nitrogens is 2. The fourth-order valence-electron chi connectivity index (χ4n) is 1.94. The highest BCUT2D eigenvalue weighted by Gasteiger charge is 2.23. The minimum atomic E-state index is -0.301. The molecule has 16 heavy (non-hydrogen) atoms. The van der Waals surface area contributed by atoms with Gasteiger partial charge >= 0.3 is 0 Å². The predicted molar refractivity (Wildman–Crippen MR) is 54.8 cm³/mol. The van der Waals surface area contributed by atoms with Crippen LogP contribution in [-0.2, 0) is 12.8 Å². The second-order valence-corrected chi connectivity index (χ2v) is 4.11. The first-order chi connectivity index (χ1) is 7.72. The van der Waals surface area contributed by atoms with Crippen molar-refractivity contribution in [3.63, 3.8) is 0 Å². The van der Waals surface area contributed by atoms with Crippen molar-refractivity contribution >= 4 is 0 Å². The standard InChI is InChI=1S/C11H12N2O3/c1-6-4-9(13-16-6)11-12-8-5-7(14)2-3-10(8)15-11/h4,7,14H,2-3,5H2,1H3. The lowest BCUT2D eigenvalue weighted by atomic mass is 9.99. The highest BCUT2D eigenvalue weighted by atomic mass is 16.5. The topological polar surface area (TPSA) is 72.3 Å². The Morgan fingerprint density at radius 2 is 2.38 bits per heavy atom. The average Bonchev–Trinajstić information content (AvgIpc) is 2.83. The number of oxazole rings is 1. The zero-order valence-electron chi connectivity index (χ0n) is 8.93. The van der Waals surface area contributed by atoms with Crippen molar-refractivity contribution in [3.05, 3.63) is 23.3 Å². The highest BCUT2D eigenvalue weighted by molar-refractivity contribution is 5.47. The van der Waals surface area contributed by atoms with Gasteiger partial charge in [-0.05, 0) is 13.3 Å². The van der Waals surface area contributed by atoms with Gasteiger partial charge in [-0.15, -0.1) is 0 Å². The Hall–Kier alpha value is -1.62. The second kappa shape index (κ2) is 3.45. The van der Waals surface area contributed by atoms with Crippen LogP contribution >= 0.6 is 0 Å². The summed E-state index contributed by atoms with van der Waals surface area (Å²) in [5, 5.41) is 13.4. The zero-order chi connectivity index (χ0) is 11.1. The SMILES string of the molecule is Cc1cc(-c2nc3c(o2)CCC(O)C3)no1. The molecular weight excluding hydrogens is 208 g/mol. The molecular formula is C11H12N2O3. The molecule has 2 aromatic heterocycles. The van der Waals surface area contributed by atoms with Crippen LogP contribution in [0.3, 0.4) is 0 Å². The first-order valence-corrected chi connectivity index (χ1v) is 5.32. The normalized spacial score (nSPS) is 19.8. The summed E-state index contributed by atoms with van der Waals surface area (Å²) in [5.74, 6) is 2.07. The molecule has 0 amide bonds. The molecule has 2 aromatic rings. The fourth-order valence-corrected chi connectivity index (χ4v) is 1.94. The third-order valence-corrected chi connectivity index (χ3v) is 2.76. The number of hydrogen-bond acceptors (Lipinski definition) is 5. The molecule has 1 unspecified atom stereocenters. The molecule has 0 aromatic carbocycles. The first kappa shape index (κ1) is 9.59. The summed E-state index contributed by atoms with van der Waals surface area (Å²) >= 11 is 0. The largest absolute Gasteiger partial charge is 0.440 e. The maximum Gasteiger partial charge on any atom is 0.249 e. The molecule has 0 saturated heterocycles. The van der Waals surface area contributed by atoms with Gasteiger partial charge in [0, 0.05) is 18.9 Å². The summed E-state index contributed by atoms with van der Waals surface area (Å²) in [6, 6.07) is 1.79. The van der Waals surface area contributed by atoms with Crippen LogP contribution in [0.2, 0.25) is 0 Å². The minimum absolute atomic E-state index is 0.301. The number of nitrogens with zero attached hydrogens (tertiary/aromatic N) is 2. The quantitative estimate of drug-likeness (QED) is 0.788. The summed E-state index contributed by atoms with van der Waals surface area (Å²) in [5.41, 5.74) is 1.45. The zero-order valence-corrected chi connectivity index (χ0v) is 8.93. The molecule has 1 N–H and O–H groups in total. The maximum absolute atomic E-state index is 9.52. The Morgan fingerprint density at radius 1 is 1.50 bits per heavy atom. The molecule has 0 bridgehead atoms. The van der Waals surface area contributed by atoms with Gasteiger partial charge in [0.2, 0.25) is 5.89 Å². The molecule has 1 aliphatic carbocycles. The van der Waals surface area contributed by atoms with Crippen LogP contribution in [0.5, 0.6) is 0 Å². The monoisotopic (exact) mass is 220 g/mol. The van der Waals surface area contributed by atoms with Crippen molar-refractivity contribution in [1.29, 1.82) is 0 Å². The third-order valence-electron chi connectivity index (χ3n) is 2.76.